The maximum Gasteiger partial charge on any atom is 0.273 e. The summed E-state index contributed by atoms with van der Waals surface area (Å²) in [4.78, 5) is 11.8. The molecule has 2 unspecified atom stereocenters. The van der Waals surface area contributed by atoms with Crippen molar-refractivity contribution in [2.24, 2.45) is 5.92 Å². The third-order valence-electron chi connectivity index (χ3n) is 3.37. The number of rotatable bonds is 5. The second-order valence-electron chi connectivity index (χ2n) is 4.66. The molecule has 0 radical (unpaired) electrons. The quantitative estimate of drug-likeness (QED) is 0.805. The van der Waals surface area contributed by atoms with Crippen LogP contribution in [0.5, 0.6) is 0 Å². The van der Waals surface area contributed by atoms with Crippen LogP contribution in [0, 0.1) is 5.92 Å². The van der Waals surface area contributed by atoms with E-state index in [0.29, 0.717) is 18.0 Å². The first-order valence-electron chi connectivity index (χ1n) is 6.21. The summed E-state index contributed by atoms with van der Waals surface area (Å²) in [5.41, 5.74) is 0.205. The van der Waals surface area contributed by atoms with Gasteiger partial charge < -0.3 is 5.32 Å². The van der Waals surface area contributed by atoms with Crippen molar-refractivity contribution in [2.75, 3.05) is 0 Å². The van der Waals surface area contributed by atoms with E-state index in [1.165, 1.54) is 0 Å². The predicted molar refractivity (Wildman–Crippen MR) is 70.7 cm³/mol. The van der Waals surface area contributed by atoms with Crippen molar-refractivity contribution in [2.45, 2.75) is 44.0 Å². The first kappa shape index (κ1) is 14.3. The Bertz CT molecular complexity index is 596. The van der Waals surface area contributed by atoms with E-state index < -0.39 is 15.0 Å². The van der Waals surface area contributed by atoms with Gasteiger partial charge in [-0.1, -0.05) is 20.3 Å². The number of nitrogens with one attached hydrogen (secondary N) is 2. The van der Waals surface area contributed by atoms with E-state index in [9.17, 15) is 13.2 Å². The van der Waals surface area contributed by atoms with Gasteiger partial charge in [0, 0.05) is 16.7 Å². The van der Waals surface area contributed by atoms with E-state index in [4.69, 9.17) is 10.7 Å². The van der Waals surface area contributed by atoms with E-state index in [1.54, 1.807) is 6.92 Å². The van der Waals surface area contributed by atoms with Crippen molar-refractivity contribution in [3.8, 4) is 0 Å². The molecule has 0 spiro atoms. The molecule has 0 aliphatic heterocycles. The summed E-state index contributed by atoms with van der Waals surface area (Å²) in [5, 5.41) is 9.12. The lowest BCUT2D eigenvalue weighted by molar-refractivity contribution is 0.0940. The number of aromatic amines is 1. The summed E-state index contributed by atoms with van der Waals surface area (Å²) in [6.07, 6.45) is 2.32. The second kappa shape index (κ2) is 5.13. The molecular formula is C11H16ClN3O3S. The Balaban J connectivity index is 2.25. The molecule has 1 amide bonds. The van der Waals surface area contributed by atoms with Gasteiger partial charge >= 0.3 is 0 Å². The summed E-state index contributed by atoms with van der Waals surface area (Å²) in [6.45, 7) is 3.81. The molecule has 0 saturated heterocycles. The van der Waals surface area contributed by atoms with Crippen LogP contribution < -0.4 is 5.32 Å². The minimum Gasteiger partial charge on any atom is -0.348 e. The van der Waals surface area contributed by atoms with Gasteiger partial charge in [0.2, 0.25) is 0 Å². The molecule has 0 bridgehead atoms. The highest BCUT2D eigenvalue weighted by Gasteiger charge is 2.38. The van der Waals surface area contributed by atoms with E-state index in [1.807, 2.05) is 0 Å². The zero-order valence-corrected chi connectivity index (χ0v) is 12.3. The zero-order valence-electron chi connectivity index (χ0n) is 10.7. The highest BCUT2D eigenvalue weighted by molar-refractivity contribution is 8.13. The standard InChI is InChI=1S/C11H16ClN3O3S/c1-3-6-5-8(6)13-11(16)9-10(19(12,17)18)7(4-2)14-15-9/h6,8H,3-5H2,1-2H3,(H,13,16)(H,14,15). The molecule has 1 heterocycles. The van der Waals surface area contributed by atoms with Crippen molar-refractivity contribution < 1.29 is 13.2 Å². The summed E-state index contributed by atoms with van der Waals surface area (Å²) >= 11 is 0. The van der Waals surface area contributed by atoms with Crippen LogP contribution in [0.25, 0.3) is 0 Å². The van der Waals surface area contributed by atoms with Gasteiger partial charge in [-0.15, -0.1) is 0 Å². The molecule has 19 heavy (non-hydrogen) atoms. The van der Waals surface area contributed by atoms with Gasteiger partial charge in [0.25, 0.3) is 15.0 Å². The molecule has 1 saturated carbocycles. The number of carbonyl (C=O) groups is 1. The first-order valence-corrected chi connectivity index (χ1v) is 8.52. The maximum atomic E-state index is 12.0. The minimum absolute atomic E-state index is 0.116. The number of halogens is 1. The van der Waals surface area contributed by atoms with E-state index in [-0.39, 0.29) is 16.6 Å². The van der Waals surface area contributed by atoms with E-state index in [0.717, 1.165) is 12.8 Å². The van der Waals surface area contributed by atoms with Crippen molar-refractivity contribution in [1.29, 1.82) is 0 Å². The number of nitrogens with zero attached hydrogens (tertiary/aromatic N) is 1. The number of aromatic nitrogens is 2. The average molecular weight is 306 g/mol. The van der Waals surface area contributed by atoms with Crippen LogP contribution in [0.15, 0.2) is 4.90 Å². The van der Waals surface area contributed by atoms with Gasteiger partial charge in [-0.2, -0.15) is 5.10 Å². The van der Waals surface area contributed by atoms with Crippen molar-refractivity contribution in [3.63, 3.8) is 0 Å². The van der Waals surface area contributed by atoms with E-state index >= 15 is 0 Å². The smallest absolute Gasteiger partial charge is 0.273 e. The fourth-order valence-corrected chi connectivity index (χ4v) is 3.49. The van der Waals surface area contributed by atoms with Crippen LogP contribution in [-0.4, -0.2) is 30.6 Å². The fraction of sp³-hybridized carbons (Fsp3) is 0.636. The molecule has 8 heteroatoms. The molecule has 6 nitrogen and oxygen atoms in total. The largest absolute Gasteiger partial charge is 0.348 e. The number of H-pyrrole nitrogens is 1. The van der Waals surface area contributed by atoms with Gasteiger partial charge in [-0.05, 0) is 18.8 Å². The fourth-order valence-electron chi connectivity index (χ4n) is 2.14. The SMILES string of the molecule is CCc1[nH]nc(C(=O)NC2CC2CC)c1S(=O)(=O)Cl. The number of amides is 1. The zero-order chi connectivity index (χ0) is 14.2. The topological polar surface area (TPSA) is 91.9 Å². The summed E-state index contributed by atoms with van der Waals surface area (Å²) < 4.78 is 23.1. The van der Waals surface area contributed by atoms with Crippen LogP contribution >= 0.6 is 10.7 Å². The third-order valence-corrected chi connectivity index (χ3v) is 4.76. The Morgan fingerprint density at radius 3 is 2.68 bits per heavy atom. The van der Waals surface area contributed by atoms with Crippen molar-refractivity contribution in [3.05, 3.63) is 11.4 Å². The average Bonchev–Trinajstić information content (AvgIpc) is 2.91. The number of carbonyl (C=O) groups excluding carboxylic acids is 1. The Morgan fingerprint density at radius 1 is 1.53 bits per heavy atom. The summed E-state index contributed by atoms with van der Waals surface area (Å²) in [5.74, 6) is -0.0132. The molecule has 0 aromatic carbocycles. The van der Waals surface area contributed by atoms with Crippen molar-refractivity contribution in [1.82, 2.24) is 15.5 Å². The van der Waals surface area contributed by atoms with Crippen molar-refractivity contribution >= 4 is 25.6 Å². The highest BCUT2D eigenvalue weighted by atomic mass is 35.7. The van der Waals surface area contributed by atoms with Crippen LogP contribution in [0.4, 0.5) is 0 Å². The van der Waals surface area contributed by atoms with E-state index in [2.05, 4.69) is 22.4 Å². The molecule has 1 aromatic rings. The monoisotopic (exact) mass is 305 g/mol. The van der Waals surface area contributed by atoms with Gasteiger partial charge in [0.15, 0.2) is 5.69 Å². The Morgan fingerprint density at radius 2 is 2.21 bits per heavy atom. The molecule has 1 fully saturated rings. The lowest BCUT2D eigenvalue weighted by atomic mass is 10.3. The predicted octanol–water partition coefficient (Wildman–Crippen LogP) is 1.43. The van der Waals surface area contributed by atoms with Gasteiger partial charge in [-0.3, -0.25) is 9.89 Å². The molecule has 1 aromatic heterocycles. The number of aryl methyl sites for hydroxylation is 1. The summed E-state index contributed by atoms with van der Waals surface area (Å²) in [6, 6.07) is 0.116. The van der Waals surface area contributed by atoms with Gasteiger partial charge in [0.05, 0.1) is 5.69 Å². The Hall–Kier alpha value is -1.08. The highest BCUT2D eigenvalue weighted by Crippen LogP contribution is 2.33. The summed E-state index contributed by atoms with van der Waals surface area (Å²) in [7, 11) is 1.38. The normalized spacial score (nSPS) is 22.3. The molecule has 2 rings (SSSR count). The van der Waals surface area contributed by atoms with Crippen LogP contribution in [0.3, 0.4) is 0 Å². The Kier molecular flexibility index (Phi) is 3.87. The molecule has 1 aliphatic rings. The molecule has 1 aliphatic carbocycles. The van der Waals surface area contributed by atoms with Gasteiger partial charge in [-0.25, -0.2) is 8.42 Å². The number of hydrogen-bond donors (Lipinski definition) is 2. The lowest BCUT2D eigenvalue weighted by Gasteiger charge is -2.03. The number of hydrogen-bond acceptors (Lipinski definition) is 4. The maximum absolute atomic E-state index is 12.0. The molecule has 2 N–H and O–H groups in total. The van der Waals surface area contributed by atoms with Gasteiger partial charge in [0.1, 0.15) is 4.90 Å². The lowest BCUT2D eigenvalue weighted by Crippen LogP contribution is -2.28. The van der Waals surface area contributed by atoms with Crippen LogP contribution in [0.1, 0.15) is 42.9 Å². The first-order chi connectivity index (χ1) is 8.88. The molecule has 106 valence electrons. The second-order valence-corrected chi connectivity index (χ2v) is 7.16. The minimum atomic E-state index is -3.99. The van der Waals surface area contributed by atoms with Crippen LogP contribution in [-0.2, 0) is 15.5 Å². The molecule has 2 atom stereocenters. The van der Waals surface area contributed by atoms with Crippen LogP contribution in [0.2, 0.25) is 0 Å². The third kappa shape index (κ3) is 2.92. The Labute approximate surface area is 116 Å². The molecular weight excluding hydrogens is 290 g/mol.